The molecule has 88 valence electrons. The Bertz CT molecular complexity index is 392. The minimum absolute atomic E-state index is 0.0450. The van der Waals surface area contributed by atoms with Gasteiger partial charge in [0.25, 0.3) is 0 Å². The molecule has 1 aromatic rings. The SMILES string of the molecule is CNC1CCc2c(ccc(O)c2CO)C1O. The second-order valence-corrected chi connectivity index (χ2v) is 4.17. The van der Waals surface area contributed by atoms with Crippen LogP contribution in [0.1, 0.15) is 29.2 Å². The van der Waals surface area contributed by atoms with Crippen LogP contribution in [0.15, 0.2) is 12.1 Å². The number of nitrogens with one attached hydrogen (secondary N) is 1. The quantitative estimate of drug-likeness (QED) is 0.587. The molecule has 1 aromatic carbocycles. The van der Waals surface area contributed by atoms with Gasteiger partial charge >= 0.3 is 0 Å². The van der Waals surface area contributed by atoms with Gasteiger partial charge in [0.1, 0.15) is 5.75 Å². The number of rotatable bonds is 2. The topological polar surface area (TPSA) is 72.7 Å². The van der Waals surface area contributed by atoms with Gasteiger partial charge in [0, 0.05) is 11.6 Å². The molecule has 16 heavy (non-hydrogen) atoms. The van der Waals surface area contributed by atoms with Crippen molar-refractivity contribution in [2.24, 2.45) is 0 Å². The number of fused-ring (bicyclic) bond motifs is 1. The monoisotopic (exact) mass is 223 g/mol. The molecule has 0 amide bonds. The third kappa shape index (κ3) is 1.69. The summed E-state index contributed by atoms with van der Waals surface area (Å²) in [6, 6.07) is 3.31. The Morgan fingerprint density at radius 3 is 2.81 bits per heavy atom. The van der Waals surface area contributed by atoms with Gasteiger partial charge in [0.2, 0.25) is 0 Å². The molecule has 4 heteroatoms. The van der Waals surface area contributed by atoms with E-state index in [-0.39, 0.29) is 18.4 Å². The number of benzene rings is 1. The summed E-state index contributed by atoms with van der Waals surface area (Å²) in [7, 11) is 1.83. The van der Waals surface area contributed by atoms with E-state index in [0.29, 0.717) is 5.56 Å². The predicted molar refractivity (Wildman–Crippen MR) is 60.2 cm³/mol. The van der Waals surface area contributed by atoms with E-state index < -0.39 is 6.10 Å². The molecule has 1 aliphatic carbocycles. The number of hydrogen-bond acceptors (Lipinski definition) is 4. The summed E-state index contributed by atoms with van der Waals surface area (Å²) < 4.78 is 0. The molecule has 0 radical (unpaired) electrons. The highest BCUT2D eigenvalue weighted by Gasteiger charge is 2.28. The van der Waals surface area contributed by atoms with Crippen LogP contribution in [0.4, 0.5) is 0 Å². The van der Waals surface area contributed by atoms with Crippen LogP contribution >= 0.6 is 0 Å². The smallest absolute Gasteiger partial charge is 0.121 e. The second-order valence-electron chi connectivity index (χ2n) is 4.17. The lowest BCUT2D eigenvalue weighted by atomic mass is 9.83. The number of likely N-dealkylation sites (N-methyl/N-ethyl adjacent to an activating group) is 1. The summed E-state index contributed by atoms with van der Waals surface area (Å²) >= 11 is 0. The number of aliphatic hydroxyl groups is 2. The lowest BCUT2D eigenvalue weighted by Gasteiger charge is -2.31. The molecule has 4 nitrogen and oxygen atoms in total. The lowest BCUT2D eigenvalue weighted by molar-refractivity contribution is 0.118. The average molecular weight is 223 g/mol. The van der Waals surface area contributed by atoms with Crippen LogP contribution in [0, 0.1) is 0 Å². The van der Waals surface area contributed by atoms with Crippen LogP contribution in [0.2, 0.25) is 0 Å². The summed E-state index contributed by atoms with van der Waals surface area (Å²) in [4.78, 5) is 0. The lowest BCUT2D eigenvalue weighted by Crippen LogP contribution is -2.36. The van der Waals surface area contributed by atoms with Gasteiger partial charge in [-0.3, -0.25) is 0 Å². The van der Waals surface area contributed by atoms with Gasteiger partial charge in [-0.1, -0.05) is 6.07 Å². The van der Waals surface area contributed by atoms with Gasteiger partial charge in [0.15, 0.2) is 0 Å². The molecule has 0 saturated carbocycles. The molecule has 0 aromatic heterocycles. The molecule has 0 heterocycles. The van der Waals surface area contributed by atoms with Gasteiger partial charge in [-0.05, 0) is 37.1 Å². The largest absolute Gasteiger partial charge is 0.508 e. The predicted octanol–water partition coefficient (Wildman–Crippen LogP) is 0.452. The first-order valence-corrected chi connectivity index (χ1v) is 5.48. The van der Waals surface area contributed by atoms with Gasteiger partial charge in [0.05, 0.1) is 12.7 Å². The molecule has 1 aliphatic rings. The van der Waals surface area contributed by atoms with Crippen molar-refractivity contribution in [2.75, 3.05) is 7.05 Å². The van der Waals surface area contributed by atoms with E-state index in [1.54, 1.807) is 6.07 Å². The van der Waals surface area contributed by atoms with Crippen LogP contribution in [0.3, 0.4) is 0 Å². The van der Waals surface area contributed by atoms with Gasteiger partial charge in [-0.2, -0.15) is 0 Å². The van der Waals surface area contributed by atoms with E-state index in [1.165, 1.54) is 6.07 Å². The standard InChI is InChI=1S/C12H17NO3/c1-13-10-4-2-7-8(12(10)16)3-5-11(15)9(7)6-14/h3,5,10,12-16H,2,4,6H2,1H3. The van der Waals surface area contributed by atoms with Crippen LogP contribution in [0.25, 0.3) is 0 Å². The van der Waals surface area contributed by atoms with E-state index in [1.807, 2.05) is 7.05 Å². The first-order valence-electron chi connectivity index (χ1n) is 5.48. The first-order chi connectivity index (χ1) is 7.69. The van der Waals surface area contributed by atoms with Crippen molar-refractivity contribution in [3.8, 4) is 5.75 Å². The molecule has 2 unspecified atom stereocenters. The van der Waals surface area contributed by atoms with E-state index in [2.05, 4.69) is 5.32 Å². The number of aliphatic hydroxyl groups excluding tert-OH is 2. The molecule has 0 bridgehead atoms. The Kier molecular flexibility index (Phi) is 3.14. The van der Waals surface area contributed by atoms with E-state index in [0.717, 1.165) is 24.0 Å². The Balaban J connectivity index is 2.47. The second kappa shape index (κ2) is 4.41. The Hall–Kier alpha value is -1.10. The Morgan fingerprint density at radius 1 is 1.44 bits per heavy atom. The fraction of sp³-hybridized carbons (Fsp3) is 0.500. The van der Waals surface area contributed by atoms with Gasteiger partial charge < -0.3 is 20.6 Å². The molecule has 0 fully saturated rings. The van der Waals surface area contributed by atoms with Crippen molar-refractivity contribution in [3.63, 3.8) is 0 Å². The summed E-state index contributed by atoms with van der Waals surface area (Å²) in [6.07, 6.45) is 1.00. The van der Waals surface area contributed by atoms with Crippen LogP contribution in [-0.2, 0) is 13.0 Å². The van der Waals surface area contributed by atoms with Crippen molar-refractivity contribution in [3.05, 3.63) is 28.8 Å². The molecule has 0 saturated heterocycles. The van der Waals surface area contributed by atoms with Crippen molar-refractivity contribution in [1.29, 1.82) is 0 Å². The van der Waals surface area contributed by atoms with Gasteiger partial charge in [-0.15, -0.1) is 0 Å². The van der Waals surface area contributed by atoms with Gasteiger partial charge in [-0.25, -0.2) is 0 Å². The third-order valence-corrected chi connectivity index (χ3v) is 3.38. The number of aromatic hydroxyl groups is 1. The van der Waals surface area contributed by atoms with Crippen molar-refractivity contribution >= 4 is 0 Å². The van der Waals surface area contributed by atoms with Crippen LogP contribution < -0.4 is 5.32 Å². The highest BCUT2D eigenvalue weighted by Crippen LogP contribution is 2.35. The zero-order chi connectivity index (χ0) is 11.7. The Labute approximate surface area is 94.5 Å². The summed E-state index contributed by atoms with van der Waals surface area (Å²) in [5.41, 5.74) is 2.25. The van der Waals surface area contributed by atoms with Crippen molar-refractivity contribution in [1.82, 2.24) is 5.32 Å². The molecular formula is C12H17NO3. The summed E-state index contributed by atoms with van der Waals surface area (Å²) in [6.45, 7) is -0.189. The maximum atomic E-state index is 10.1. The van der Waals surface area contributed by atoms with E-state index in [4.69, 9.17) is 0 Å². The van der Waals surface area contributed by atoms with Crippen molar-refractivity contribution < 1.29 is 15.3 Å². The minimum Gasteiger partial charge on any atom is -0.508 e. The first kappa shape index (κ1) is 11.4. The molecule has 2 atom stereocenters. The van der Waals surface area contributed by atoms with E-state index in [9.17, 15) is 15.3 Å². The summed E-state index contributed by atoms with van der Waals surface area (Å²) in [5.74, 6) is 0.108. The highest BCUT2D eigenvalue weighted by atomic mass is 16.3. The molecule has 4 N–H and O–H groups in total. The van der Waals surface area contributed by atoms with Crippen LogP contribution in [-0.4, -0.2) is 28.4 Å². The average Bonchev–Trinajstić information content (AvgIpc) is 2.29. The zero-order valence-electron chi connectivity index (χ0n) is 9.27. The molecule has 0 spiro atoms. The maximum Gasteiger partial charge on any atom is 0.121 e. The summed E-state index contributed by atoms with van der Waals surface area (Å²) in [5, 5.41) is 32.0. The normalized spacial score (nSPS) is 24.2. The highest BCUT2D eigenvalue weighted by molar-refractivity contribution is 5.46. The molecule has 2 rings (SSSR count). The number of hydrogen-bond donors (Lipinski definition) is 4. The fourth-order valence-electron chi connectivity index (χ4n) is 2.42. The molecular weight excluding hydrogens is 206 g/mol. The third-order valence-electron chi connectivity index (χ3n) is 3.38. The van der Waals surface area contributed by atoms with Crippen molar-refractivity contribution in [2.45, 2.75) is 31.6 Å². The number of phenols is 1. The maximum absolute atomic E-state index is 10.1. The molecule has 0 aliphatic heterocycles. The van der Waals surface area contributed by atoms with E-state index >= 15 is 0 Å². The minimum atomic E-state index is -0.570. The zero-order valence-corrected chi connectivity index (χ0v) is 9.27. The van der Waals surface area contributed by atoms with Crippen LogP contribution in [0.5, 0.6) is 5.75 Å². The Morgan fingerprint density at radius 2 is 2.19 bits per heavy atom. The fourth-order valence-corrected chi connectivity index (χ4v) is 2.42.